The van der Waals surface area contributed by atoms with Gasteiger partial charge < -0.3 is 19.9 Å². The Labute approximate surface area is 130 Å². The summed E-state index contributed by atoms with van der Waals surface area (Å²) >= 11 is 11.7. The summed E-state index contributed by atoms with van der Waals surface area (Å²) in [5.41, 5.74) is -0.260. The molecule has 0 amide bonds. The van der Waals surface area contributed by atoms with Crippen molar-refractivity contribution in [1.29, 1.82) is 0 Å². The summed E-state index contributed by atoms with van der Waals surface area (Å²) in [5, 5.41) is 13.9. The number of halogens is 2. The maximum Gasteiger partial charge on any atom is 0.121 e. The number of methoxy groups -OCH3 is 1. The lowest BCUT2D eigenvalue weighted by molar-refractivity contribution is 0.0191. The first-order chi connectivity index (χ1) is 9.34. The van der Waals surface area contributed by atoms with Crippen LogP contribution in [0.15, 0.2) is 18.2 Å². The molecule has 0 bridgehead atoms. The number of rotatable bonds is 8. The van der Waals surface area contributed by atoms with Crippen molar-refractivity contribution in [3.05, 3.63) is 28.2 Å². The highest BCUT2D eigenvalue weighted by Gasteiger charge is 2.16. The largest absolute Gasteiger partial charge is 0.491 e. The quantitative estimate of drug-likeness (QED) is 0.773. The Morgan fingerprint density at radius 2 is 2.00 bits per heavy atom. The monoisotopic (exact) mass is 321 g/mol. The Balaban J connectivity index is 2.29. The third kappa shape index (κ3) is 6.29. The molecule has 0 radical (unpaired) electrons. The number of nitrogens with one attached hydrogen (secondary N) is 1. The highest BCUT2D eigenvalue weighted by atomic mass is 35.5. The van der Waals surface area contributed by atoms with E-state index in [9.17, 15) is 5.11 Å². The van der Waals surface area contributed by atoms with Crippen molar-refractivity contribution >= 4 is 23.2 Å². The zero-order valence-electron chi connectivity index (χ0n) is 12.0. The molecule has 1 unspecified atom stereocenters. The van der Waals surface area contributed by atoms with Gasteiger partial charge in [-0.2, -0.15) is 0 Å². The summed E-state index contributed by atoms with van der Waals surface area (Å²) in [5.74, 6) is 0.579. The van der Waals surface area contributed by atoms with Gasteiger partial charge >= 0.3 is 0 Å². The van der Waals surface area contributed by atoms with Gasteiger partial charge in [-0.3, -0.25) is 0 Å². The Morgan fingerprint density at radius 1 is 1.30 bits per heavy atom. The minimum absolute atomic E-state index is 0.179. The summed E-state index contributed by atoms with van der Waals surface area (Å²) in [7, 11) is 1.66. The average Bonchev–Trinajstić information content (AvgIpc) is 2.40. The normalized spacial score (nSPS) is 13.3. The fourth-order valence-corrected chi connectivity index (χ4v) is 1.72. The van der Waals surface area contributed by atoms with E-state index in [1.54, 1.807) is 25.3 Å². The smallest absolute Gasteiger partial charge is 0.121 e. The Hall–Kier alpha value is -0.520. The van der Waals surface area contributed by atoms with Gasteiger partial charge in [-0.25, -0.2) is 0 Å². The second-order valence-electron chi connectivity index (χ2n) is 5.14. The molecule has 0 spiro atoms. The molecule has 1 aromatic carbocycles. The molecule has 1 atom stereocenters. The number of ether oxygens (including phenoxy) is 2. The minimum atomic E-state index is -0.614. The molecule has 0 saturated carbocycles. The third-order valence-corrected chi connectivity index (χ3v) is 3.56. The van der Waals surface area contributed by atoms with Crippen LogP contribution in [0.25, 0.3) is 0 Å². The van der Waals surface area contributed by atoms with Gasteiger partial charge in [-0.05, 0) is 26.0 Å². The fourth-order valence-electron chi connectivity index (χ4n) is 1.43. The van der Waals surface area contributed by atoms with Crippen LogP contribution in [0.3, 0.4) is 0 Å². The number of aliphatic hydroxyl groups excluding tert-OH is 1. The molecular formula is C14H21Cl2NO3. The van der Waals surface area contributed by atoms with E-state index in [2.05, 4.69) is 5.32 Å². The standard InChI is InChI=1S/C14H21Cl2NO3/c1-14(2,19-3)9-17-7-10(18)8-20-11-4-5-12(15)13(16)6-11/h4-6,10,17-18H,7-9H2,1-3H3. The number of benzene rings is 1. The van der Waals surface area contributed by atoms with Crippen LogP contribution >= 0.6 is 23.2 Å². The van der Waals surface area contributed by atoms with Crippen molar-refractivity contribution in [2.45, 2.75) is 25.6 Å². The van der Waals surface area contributed by atoms with Crippen molar-refractivity contribution in [2.75, 3.05) is 26.8 Å². The summed E-state index contributed by atoms with van der Waals surface area (Å²) in [6.45, 7) is 5.19. The van der Waals surface area contributed by atoms with Crippen LogP contribution in [0.4, 0.5) is 0 Å². The molecule has 114 valence electrons. The Kier molecular flexibility index (Phi) is 7.06. The molecule has 0 saturated heterocycles. The van der Waals surface area contributed by atoms with Gasteiger partial charge in [0.1, 0.15) is 18.5 Å². The second-order valence-corrected chi connectivity index (χ2v) is 5.95. The van der Waals surface area contributed by atoms with Crippen molar-refractivity contribution < 1.29 is 14.6 Å². The van der Waals surface area contributed by atoms with Crippen LogP contribution in [-0.4, -0.2) is 43.6 Å². The van der Waals surface area contributed by atoms with Crippen LogP contribution in [-0.2, 0) is 4.74 Å². The Morgan fingerprint density at radius 3 is 2.60 bits per heavy atom. The number of aliphatic hydroxyl groups is 1. The van der Waals surface area contributed by atoms with E-state index >= 15 is 0 Å². The molecule has 0 heterocycles. The number of hydrogen-bond donors (Lipinski definition) is 2. The SMILES string of the molecule is COC(C)(C)CNCC(O)COc1ccc(Cl)c(Cl)c1. The molecular weight excluding hydrogens is 301 g/mol. The summed E-state index contributed by atoms with van der Waals surface area (Å²) < 4.78 is 10.7. The average molecular weight is 322 g/mol. The molecule has 1 aromatic rings. The first kappa shape index (κ1) is 17.5. The van der Waals surface area contributed by atoms with Crippen molar-refractivity contribution in [1.82, 2.24) is 5.32 Å². The van der Waals surface area contributed by atoms with Gasteiger partial charge in [0.05, 0.1) is 15.6 Å². The summed E-state index contributed by atoms with van der Waals surface area (Å²) in [6, 6.07) is 4.99. The molecule has 0 aliphatic heterocycles. The Bertz CT molecular complexity index is 427. The van der Waals surface area contributed by atoms with Crippen LogP contribution in [0.5, 0.6) is 5.75 Å². The lowest BCUT2D eigenvalue weighted by Gasteiger charge is -2.24. The molecule has 0 fully saturated rings. The lowest BCUT2D eigenvalue weighted by atomic mass is 10.1. The molecule has 20 heavy (non-hydrogen) atoms. The zero-order valence-corrected chi connectivity index (χ0v) is 13.5. The summed E-state index contributed by atoms with van der Waals surface area (Å²) in [4.78, 5) is 0. The highest BCUT2D eigenvalue weighted by molar-refractivity contribution is 6.42. The first-order valence-electron chi connectivity index (χ1n) is 6.36. The third-order valence-electron chi connectivity index (χ3n) is 2.82. The van der Waals surface area contributed by atoms with E-state index in [0.29, 0.717) is 28.9 Å². The van der Waals surface area contributed by atoms with Gasteiger partial charge in [-0.1, -0.05) is 23.2 Å². The highest BCUT2D eigenvalue weighted by Crippen LogP contribution is 2.26. The van der Waals surface area contributed by atoms with Crippen LogP contribution in [0, 0.1) is 0 Å². The fraction of sp³-hybridized carbons (Fsp3) is 0.571. The molecule has 4 nitrogen and oxygen atoms in total. The van der Waals surface area contributed by atoms with E-state index in [1.807, 2.05) is 13.8 Å². The first-order valence-corrected chi connectivity index (χ1v) is 7.11. The van der Waals surface area contributed by atoms with Crippen molar-refractivity contribution in [3.8, 4) is 5.75 Å². The zero-order chi connectivity index (χ0) is 15.2. The molecule has 0 aromatic heterocycles. The van der Waals surface area contributed by atoms with Crippen LogP contribution in [0.1, 0.15) is 13.8 Å². The van der Waals surface area contributed by atoms with Gasteiger partial charge in [0.15, 0.2) is 0 Å². The molecule has 0 aliphatic carbocycles. The molecule has 1 rings (SSSR count). The lowest BCUT2D eigenvalue weighted by Crippen LogP contribution is -2.41. The van der Waals surface area contributed by atoms with Gasteiger partial charge in [0.25, 0.3) is 0 Å². The number of hydrogen-bond acceptors (Lipinski definition) is 4. The van der Waals surface area contributed by atoms with E-state index in [-0.39, 0.29) is 12.2 Å². The predicted molar refractivity (Wildman–Crippen MR) is 81.9 cm³/mol. The van der Waals surface area contributed by atoms with E-state index in [1.165, 1.54) is 0 Å². The van der Waals surface area contributed by atoms with Crippen molar-refractivity contribution in [2.24, 2.45) is 0 Å². The maximum absolute atomic E-state index is 9.82. The molecule has 2 N–H and O–H groups in total. The molecule has 0 aliphatic rings. The van der Waals surface area contributed by atoms with E-state index in [0.717, 1.165) is 0 Å². The summed E-state index contributed by atoms with van der Waals surface area (Å²) in [6.07, 6.45) is -0.614. The topological polar surface area (TPSA) is 50.7 Å². The van der Waals surface area contributed by atoms with Crippen LogP contribution < -0.4 is 10.1 Å². The van der Waals surface area contributed by atoms with Crippen LogP contribution in [0.2, 0.25) is 10.0 Å². The second kappa shape index (κ2) is 8.05. The molecule has 6 heteroatoms. The maximum atomic E-state index is 9.82. The minimum Gasteiger partial charge on any atom is -0.491 e. The van der Waals surface area contributed by atoms with Crippen molar-refractivity contribution in [3.63, 3.8) is 0 Å². The van der Waals surface area contributed by atoms with Gasteiger partial charge in [0.2, 0.25) is 0 Å². The van der Waals surface area contributed by atoms with Gasteiger partial charge in [0, 0.05) is 26.3 Å². The van der Waals surface area contributed by atoms with E-state index in [4.69, 9.17) is 32.7 Å². The van der Waals surface area contributed by atoms with Gasteiger partial charge in [-0.15, -0.1) is 0 Å². The predicted octanol–water partition coefficient (Wildman–Crippen LogP) is 2.75. The van der Waals surface area contributed by atoms with E-state index < -0.39 is 6.10 Å².